The lowest BCUT2D eigenvalue weighted by molar-refractivity contribution is 0.0690. The van der Waals surface area contributed by atoms with Crippen LogP contribution in [0.5, 0.6) is 5.75 Å². The number of hydrogen-bond acceptors (Lipinski definition) is 4. The van der Waals surface area contributed by atoms with Crippen molar-refractivity contribution in [3.8, 4) is 17.0 Å². The zero-order valence-corrected chi connectivity index (χ0v) is 10.7. The maximum Gasteiger partial charge on any atom is 0.354 e. The van der Waals surface area contributed by atoms with E-state index in [0.29, 0.717) is 5.69 Å². The molecule has 2 aromatic rings. The number of rotatable bonds is 4. The zero-order valence-electron chi connectivity index (χ0n) is 10.7. The van der Waals surface area contributed by atoms with Crippen molar-refractivity contribution in [2.45, 2.75) is 20.0 Å². The molecule has 1 aromatic heterocycles. The van der Waals surface area contributed by atoms with Crippen LogP contribution in [0.3, 0.4) is 0 Å². The van der Waals surface area contributed by atoms with Crippen LogP contribution in [0.1, 0.15) is 24.3 Å². The molecule has 5 nitrogen and oxygen atoms in total. The van der Waals surface area contributed by atoms with Crippen LogP contribution in [0.2, 0.25) is 0 Å². The van der Waals surface area contributed by atoms with Crippen LogP contribution >= 0.6 is 0 Å². The first kappa shape index (κ1) is 13.0. The van der Waals surface area contributed by atoms with Gasteiger partial charge in [0.15, 0.2) is 5.69 Å². The third kappa shape index (κ3) is 3.28. The molecule has 0 unspecified atom stereocenters. The molecule has 98 valence electrons. The highest BCUT2D eigenvalue weighted by Crippen LogP contribution is 2.21. The van der Waals surface area contributed by atoms with Gasteiger partial charge in [0, 0.05) is 5.56 Å². The zero-order chi connectivity index (χ0) is 13.8. The molecule has 0 bridgehead atoms. The molecule has 0 aliphatic carbocycles. The number of carboxylic acids is 1. The van der Waals surface area contributed by atoms with E-state index in [1.165, 1.54) is 12.4 Å². The fourth-order valence-corrected chi connectivity index (χ4v) is 1.61. The van der Waals surface area contributed by atoms with Gasteiger partial charge in [-0.2, -0.15) is 0 Å². The third-order valence-corrected chi connectivity index (χ3v) is 2.41. The summed E-state index contributed by atoms with van der Waals surface area (Å²) in [5.41, 5.74) is 1.37. The average Bonchev–Trinajstić information content (AvgIpc) is 2.39. The Morgan fingerprint density at radius 2 is 1.89 bits per heavy atom. The van der Waals surface area contributed by atoms with Crippen molar-refractivity contribution in [2.24, 2.45) is 0 Å². The van der Waals surface area contributed by atoms with E-state index in [0.717, 1.165) is 11.3 Å². The maximum absolute atomic E-state index is 10.8. The molecule has 0 saturated heterocycles. The van der Waals surface area contributed by atoms with Gasteiger partial charge in [-0.05, 0) is 44.2 Å². The van der Waals surface area contributed by atoms with E-state index in [-0.39, 0.29) is 11.8 Å². The van der Waals surface area contributed by atoms with E-state index in [9.17, 15) is 4.79 Å². The Morgan fingerprint density at radius 1 is 1.21 bits per heavy atom. The highest BCUT2D eigenvalue weighted by Gasteiger charge is 2.07. The van der Waals surface area contributed by atoms with Gasteiger partial charge >= 0.3 is 5.97 Å². The van der Waals surface area contributed by atoms with Gasteiger partial charge in [-0.3, -0.25) is 0 Å². The number of nitrogens with zero attached hydrogens (tertiary/aromatic N) is 2. The fourth-order valence-electron chi connectivity index (χ4n) is 1.61. The van der Waals surface area contributed by atoms with Crippen LogP contribution in [0.25, 0.3) is 11.3 Å². The summed E-state index contributed by atoms with van der Waals surface area (Å²) in [6.07, 6.45) is 1.36. The molecule has 1 heterocycles. The summed E-state index contributed by atoms with van der Waals surface area (Å²) in [6.45, 7) is 3.91. The van der Waals surface area contributed by atoms with Crippen molar-refractivity contribution in [1.29, 1.82) is 0 Å². The number of benzene rings is 1. The Kier molecular flexibility index (Phi) is 3.75. The van der Waals surface area contributed by atoms with Crippen molar-refractivity contribution in [3.63, 3.8) is 0 Å². The van der Waals surface area contributed by atoms with Crippen LogP contribution in [0.4, 0.5) is 0 Å². The van der Waals surface area contributed by atoms with Gasteiger partial charge in [-0.15, -0.1) is 0 Å². The quantitative estimate of drug-likeness (QED) is 0.912. The summed E-state index contributed by atoms with van der Waals surface area (Å²) >= 11 is 0. The van der Waals surface area contributed by atoms with Gasteiger partial charge in [-0.1, -0.05) is 0 Å². The first-order valence-electron chi connectivity index (χ1n) is 5.88. The standard InChI is InChI=1S/C14H14N2O3/c1-9(2)19-11-5-3-10(4-6-11)12-7-13(14(17)18)16-8-15-12/h3-9H,1-2H3,(H,17,18). The van der Waals surface area contributed by atoms with Crippen molar-refractivity contribution in [1.82, 2.24) is 9.97 Å². The Labute approximate surface area is 110 Å². The largest absolute Gasteiger partial charge is 0.491 e. The lowest BCUT2D eigenvalue weighted by Crippen LogP contribution is -2.05. The van der Waals surface area contributed by atoms with Crippen molar-refractivity contribution >= 4 is 5.97 Å². The van der Waals surface area contributed by atoms with Crippen LogP contribution in [-0.4, -0.2) is 27.1 Å². The summed E-state index contributed by atoms with van der Waals surface area (Å²) < 4.78 is 5.54. The predicted octanol–water partition coefficient (Wildman–Crippen LogP) is 2.63. The number of aromatic nitrogens is 2. The molecule has 0 radical (unpaired) electrons. The molecule has 1 aromatic carbocycles. The van der Waals surface area contributed by atoms with E-state index < -0.39 is 5.97 Å². The van der Waals surface area contributed by atoms with Crippen LogP contribution in [0.15, 0.2) is 36.7 Å². The van der Waals surface area contributed by atoms with E-state index in [1.54, 1.807) is 0 Å². The summed E-state index contributed by atoms with van der Waals surface area (Å²) in [5, 5.41) is 8.89. The highest BCUT2D eigenvalue weighted by molar-refractivity contribution is 5.86. The SMILES string of the molecule is CC(C)Oc1ccc(-c2cc(C(=O)O)ncn2)cc1. The molecule has 0 aliphatic heterocycles. The van der Waals surface area contributed by atoms with Crippen LogP contribution in [0, 0.1) is 0 Å². The average molecular weight is 258 g/mol. The van der Waals surface area contributed by atoms with Gasteiger partial charge in [0.25, 0.3) is 0 Å². The Balaban J connectivity index is 2.27. The monoisotopic (exact) mass is 258 g/mol. The number of carbonyl (C=O) groups is 1. The fraction of sp³-hybridized carbons (Fsp3) is 0.214. The minimum atomic E-state index is -1.07. The van der Waals surface area contributed by atoms with E-state index >= 15 is 0 Å². The second-order valence-corrected chi connectivity index (χ2v) is 4.28. The molecule has 0 aliphatic rings. The topological polar surface area (TPSA) is 72.3 Å². The van der Waals surface area contributed by atoms with Gasteiger partial charge in [0.2, 0.25) is 0 Å². The van der Waals surface area contributed by atoms with Gasteiger partial charge in [0.05, 0.1) is 11.8 Å². The summed E-state index contributed by atoms with van der Waals surface area (Å²) in [5.74, 6) is -0.297. The molecule has 19 heavy (non-hydrogen) atoms. The Bertz CT molecular complexity index is 579. The predicted molar refractivity (Wildman–Crippen MR) is 70.2 cm³/mol. The lowest BCUT2D eigenvalue weighted by atomic mass is 10.1. The Morgan fingerprint density at radius 3 is 2.47 bits per heavy atom. The summed E-state index contributed by atoms with van der Waals surface area (Å²) in [7, 11) is 0. The number of carboxylic acid groups (broad SMARTS) is 1. The van der Waals surface area contributed by atoms with E-state index in [2.05, 4.69) is 9.97 Å². The molecular weight excluding hydrogens is 244 g/mol. The molecule has 0 atom stereocenters. The molecule has 0 amide bonds. The van der Waals surface area contributed by atoms with Crippen molar-refractivity contribution in [3.05, 3.63) is 42.4 Å². The maximum atomic E-state index is 10.8. The number of hydrogen-bond donors (Lipinski definition) is 1. The van der Waals surface area contributed by atoms with E-state index in [4.69, 9.17) is 9.84 Å². The molecule has 5 heteroatoms. The molecule has 2 rings (SSSR count). The smallest absolute Gasteiger partial charge is 0.354 e. The number of aromatic carboxylic acids is 1. The summed E-state index contributed by atoms with van der Waals surface area (Å²) in [4.78, 5) is 18.6. The molecule has 1 N–H and O–H groups in total. The van der Waals surface area contributed by atoms with Gasteiger partial charge < -0.3 is 9.84 Å². The van der Waals surface area contributed by atoms with Gasteiger partial charge in [0.1, 0.15) is 12.1 Å². The first-order chi connectivity index (χ1) is 9.06. The second-order valence-electron chi connectivity index (χ2n) is 4.28. The van der Waals surface area contributed by atoms with E-state index in [1.807, 2.05) is 38.1 Å². The molecule has 0 fully saturated rings. The molecule has 0 saturated carbocycles. The minimum Gasteiger partial charge on any atom is -0.491 e. The van der Waals surface area contributed by atoms with Crippen LogP contribution < -0.4 is 4.74 Å². The van der Waals surface area contributed by atoms with Gasteiger partial charge in [-0.25, -0.2) is 14.8 Å². The highest BCUT2D eigenvalue weighted by atomic mass is 16.5. The lowest BCUT2D eigenvalue weighted by Gasteiger charge is -2.09. The minimum absolute atomic E-state index is 0.0208. The first-order valence-corrected chi connectivity index (χ1v) is 5.88. The molecule has 0 spiro atoms. The summed E-state index contributed by atoms with van der Waals surface area (Å²) in [6, 6.07) is 8.79. The second kappa shape index (κ2) is 5.48. The molecular formula is C14H14N2O3. The third-order valence-electron chi connectivity index (χ3n) is 2.41. The Hall–Kier alpha value is -2.43. The normalized spacial score (nSPS) is 10.5. The van der Waals surface area contributed by atoms with Crippen LogP contribution in [-0.2, 0) is 0 Å². The number of ether oxygens (including phenoxy) is 1. The van der Waals surface area contributed by atoms with Crippen molar-refractivity contribution < 1.29 is 14.6 Å². The van der Waals surface area contributed by atoms with Crippen molar-refractivity contribution in [2.75, 3.05) is 0 Å².